The fourth-order valence-corrected chi connectivity index (χ4v) is 5.11. The predicted molar refractivity (Wildman–Crippen MR) is 132 cm³/mol. The van der Waals surface area contributed by atoms with Crippen molar-refractivity contribution < 1.29 is 22.7 Å². The molecule has 182 valence electrons. The summed E-state index contributed by atoms with van der Waals surface area (Å²) in [5.74, 6) is 0.474. The van der Waals surface area contributed by atoms with Crippen LogP contribution in [0.1, 0.15) is 5.56 Å². The summed E-state index contributed by atoms with van der Waals surface area (Å²) in [4.78, 5) is 25.1. The Hall–Kier alpha value is -4.05. The Morgan fingerprint density at radius 1 is 0.914 bits per heavy atom. The highest BCUT2D eigenvalue weighted by Gasteiger charge is 2.25. The first-order valence-electron chi connectivity index (χ1n) is 10.7. The van der Waals surface area contributed by atoms with Crippen molar-refractivity contribution in [1.82, 2.24) is 9.13 Å². The zero-order valence-electron chi connectivity index (χ0n) is 19.7. The molecule has 1 heterocycles. The molecule has 35 heavy (non-hydrogen) atoms. The lowest BCUT2D eigenvalue weighted by molar-refractivity contribution is -0.118. The number of ether oxygens (including phenoxy) is 2. The fraction of sp³-hybridized carbons (Fsp3) is 0.200. The van der Waals surface area contributed by atoms with E-state index in [0.717, 1.165) is 5.56 Å². The van der Waals surface area contributed by atoms with Crippen LogP contribution in [-0.4, -0.2) is 37.2 Å². The number of aryl methyl sites for hydroxylation is 3. The standard InChI is InChI=1S/C25H25N3O6S/c1-16-5-7-18(8-6-16)34-15-24(29)26-20-13-21-22(28(3)25(30)27(21)2)14-23(20)35(31,32)19-11-9-17(33-4)10-12-19/h5-14H,15H2,1-4H3,(H,26,29). The number of amides is 1. The van der Waals surface area contributed by atoms with Gasteiger partial charge in [0, 0.05) is 14.1 Å². The molecule has 4 rings (SSSR count). The lowest BCUT2D eigenvalue weighted by atomic mass is 10.2. The van der Waals surface area contributed by atoms with E-state index in [0.29, 0.717) is 22.5 Å². The molecule has 0 atom stereocenters. The van der Waals surface area contributed by atoms with Gasteiger partial charge in [-0.05, 0) is 55.5 Å². The minimum absolute atomic E-state index is 0.0185. The molecule has 0 spiro atoms. The number of methoxy groups -OCH3 is 1. The Morgan fingerprint density at radius 3 is 2.09 bits per heavy atom. The van der Waals surface area contributed by atoms with Crippen LogP contribution in [0, 0.1) is 6.92 Å². The largest absolute Gasteiger partial charge is 0.497 e. The Morgan fingerprint density at radius 2 is 1.49 bits per heavy atom. The number of carbonyl (C=O) groups is 1. The van der Waals surface area contributed by atoms with Crippen molar-refractivity contribution in [2.24, 2.45) is 14.1 Å². The van der Waals surface area contributed by atoms with Crippen molar-refractivity contribution in [2.45, 2.75) is 16.7 Å². The van der Waals surface area contributed by atoms with Crippen molar-refractivity contribution in [1.29, 1.82) is 0 Å². The van der Waals surface area contributed by atoms with Crippen LogP contribution in [0.3, 0.4) is 0 Å². The van der Waals surface area contributed by atoms with E-state index < -0.39 is 15.7 Å². The number of carbonyl (C=O) groups excluding carboxylic acids is 1. The molecule has 0 saturated carbocycles. The van der Waals surface area contributed by atoms with Gasteiger partial charge in [0.15, 0.2) is 6.61 Å². The van der Waals surface area contributed by atoms with E-state index in [1.54, 1.807) is 26.2 Å². The monoisotopic (exact) mass is 495 g/mol. The van der Waals surface area contributed by atoms with Gasteiger partial charge < -0.3 is 14.8 Å². The zero-order chi connectivity index (χ0) is 25.3. The molecule has 0 saturated heterocycles. The molecule has 3 aromatic carbocycles. The van der Waals surface area contributed by atoms with Crippen LogP contribution in [-0.2, 0) is 28.7 Å². The quantitative estimate of drug-likeness (QED) is 0.422. The molecule has 1 amide bonds. The molecule has 0 unspecified atom stereocenters. The van der Waals surface area contributed by atoms with Crippen LogP contribution in [0.25, 0.3) is 11.0 Å². The minimum atomic E-state index is -4.06. The summed E-state index contributed by atoms with van der Waals surface area (Å²) in [5, 5.41) is 2.65. The van der Waals surface area contributed by atoms with Gasteiger partial charge >= 0.3 is 5.69 Å². The van der Waals surface area contributed by atoms with Gasteiger partial charge in [-0.15, -0.1) is 0 Å². The van der Waals surface area contributed by atoms with Crippen LogP contribution in [0.5, 0.6) is 11.5 Å². The highest BCUT2D eigenvalue weighted by atomic mass is 32.2. The maximum Gasteiger partial charge on any atom is 0.328 e. The zero-order valence-corrected chi connectivity index (χ0v) is 20.5. The van der Waals surface area contributed by atoms with E-state index in [9.17, 15) is 18.0 Å². The Balaban J connectivity index is 1.74. The summed E-state index contributed by atoms with van der Waals surface area (Å²) >= 11 is 0. The van der Waals surface area contributed by atoms with E-state index in [1.165, 1.54) is 52.6 Å². The number of hydrogen-bond acceptors (Lipinski definition) is 6. The van der Waals surface area contributed by atoms with Crippen molar-refractivity contribution >= 4 is 32.5 Å². The SMILES string of the molecule is COc1ccc(S(=O)(=O)c2cc3c(cc2NC(=O)COc2ccc(C)cc2)n(C)c(=O)n3C)cc1. The summed E-state index contributed by atoms with van der Waals surface area (Å²) in [6.07, 6.45) is 0. The van der Waals surface area contributed by atoms with Gasteiger partial charge in [0.05, 0.1) is 33.6 Å². The number of imidazole rings is 1. The number of nitrogens with one attached hydrogen (secondary N) is 1. The van der Waals surface area contributed by atoms with E-state index in [2.05, 4.69) is 5.32 Å². The van der Waals surface area contributed by atoms with Crippen LogP contribution in [0.4, 0.5) is 5.69 Å². The lowest BCUT2D eigenvalue weighted by Crippen LogP contribution is -2.21. The van der Waals surface area contributed by atoms with Crippen LogP contribution in [0.15, 0.2) is 75.2 Å². The molecule has 10 heteroatoms. The molecule has 4 aromatic rings. The molecule has 9 nitrogen and oxygen atoms in total. The Kier molecular flexibility index (Phi) is 6.40. The second-order valence-corrected chi connectivity index (χ2v) is 9.98. The van der Waals surface area contributed by atoms with Gasteiger partial charge in [0.2, 0.25) is 9.84 Å². The first-order chi connectivity index (χ1) is 16.6. The number of nitrogens with zero attached hydrogens (tertiary/aromatic N) is 2. The third-order valence-corrected chi connectivity index (χ3v) is 7.51. The van der Waals surface area contributed by atoms with Gasteiger partial charge in [0.25, 0.3) is 5.91 Å². The highest BCUT2D eigenvalue weighted by Crippen LogP contribution is 2.32. The average Bonchev–Trinajstić information content (AvgIpc) is 3.06. The van der Waals surface area contributed by atoms with Gasteiger partial charge in [-0.2, -0.15) is 0 Å². The number of hydrogen-bond donors (Lipinski definition) is 1. The highest BCUT2D eigenvalue weighted by molar-refractivity contribution is 7.91. The van der Waals surface area contributed by atoms with Crippen molar-refractivity contribution in [3.63, 3.8) is 0 Å². The van der Waals surface area contributed by atoms with Crippen molar-refractivity contribution in [2.75, 3.05) is 19.0 Å². The summed E-state index contributed by atoms with van der Waals surface area (Å²) in [7, 11) is 0.562. The maximum absolute atomic E-state index is 13.6. The second-order valence-electron chi connectivity index (χ2n) is 8.07. The summed E-state index contributed by atoms with van der Waals surface area (Å²) in [5.41, 5.74) is 1.67. The number of anilines is 1. The molecule has 1 aromatic heterocycles. The van der Waals surface area contributed by atoms with Crippen LogP contribution in [0.2, 0.25) is 0 Å². The Bertz CT molecular complexity index is 1570. The smallest absolute Gasteiger partial charge is 0.328 e. The maximum atomic E-state index is 13.6. The van der Waals surface area contributed by atoms with E-state index in [1.807, 2.05) is 19.1 Å². The number of benzene rings is 3. The Labute approximate surface area is 202 Å². The van der Waals surface area contributed by atoms with Crippen molar-refractivity contribution in [3.8, 4) is 11.5 Å². The lowest BCUT2D eigenvalue weighted by Gasteiger charge is -2.14. The minimum Gasteiger partial charge on any atom is -0.497 e. The molecule has 0 aliphatic rings. The van der Waals surface area contributed by atoms with Gasteiger partial charge in [-0.25, -0.2) is 13.2 Å². The molecule has 0 aliphatic heterocycles. The first kappa shape index (κ1) is 24.1. The number of fused-ring (bicyclic) bond motifs is 1. The van der Waals surface area contributed by atoms with E-state index in [-0.39, 0.29) is 27.8 Å². The first-order valence-corrected chi connectivity index (χ1v) is 12.2. The topological polar surface area (TPSA) is 109 Å². The summed E-state index contributed by atoms with van der Waals surface area (Å²) in [6, 6.07) is 16.0. The average molecular weight is 496 g/mol. The molecular weight excluding hydrogens is 470 g/mol. The van der Waals surface area contributed by atoms with E-state index in [4.69, 9.17) is 9.47 Å². The third kappa shape index (κ3) is 4.65. The van der Waals surface area contributed by atoms with Gasteiger partial charge in [-0.3, -0.25) is 13.9 Å². The van der Waals surface area contributed by atoms with E-state index >= 15 is 0 Å². The van der Waals surface area contributed by atoms with Gasteiger partial charge in [-0.1, -0.05) is 17.7 Å². The second kappa shape index (κ2) is 9.30. The molecular formula is C25H25N3O6S. The van der Waals surface area contributed by atoms with Crippen LogP contribution < -0.4 is 20.5 Å². The molecule has 0 fully saturated rings. The number of rotatable bonds is 7. The van der Waals surface area contributed by atoms with Crippen molar-refractivity contribution in [3.05, 3.63) is 76.7 Å². The molecule has 0 aliphatic carbocycles. The normalized spacial score (nSPS) is 11.4. The van der Waals surface area contributed by atoms with Crippen LogP contribution >= 0.6 is 0 Å². The molecule has 0 radical (unpaired) electrons. The predicted octanol–water partition coefficient (Wildman–Crippen LogP) is 3.04. The molecule has 1 N–H and O–H groups in total. The molecule has 0 bridgehead atoms. The third-order valence-electron chi connectivity index (χ3n) is 5.70. The summed E-state index contributed by atoms with van der Waals surface area (Å²) < 4.78 is 40.5. The van der Waals surface area contributed by atoms with Gasteiger partial charge in [0.1, 0.15) is 11.5 Å². The number of sulfone groups is 1. The number of aromatic nitrogens is 2. The summed E-state index contributed by atoms with van der Waals surface area (Å²) in [6.45, 7) is 1.62. The fourth-order valence-electron chi connectivity index (χ4n) is 3.70.